The third-order valence-electron chi connectivity index (χ3n) is 5.29. The number of rotatable bonds is 3. The second-order valence-corrected chi connectivity index (χ2v) is 7.01. The number of carbonyl (C=O) groups excluding carboxylic acids is 2. The molecule has 0 aliphatic carbocycles. The number of H-pyrrole nitrogens is 1. The van der Waals surface area contributed by atoms with E-state index in [2.05, 4.69) is 9.97 Å². The summed E-state index contributed by atoms with van der Waals surface area (Å²) < 4.78 is 0. The van der Waals surface area contributed by atoms with Gasteiger partial charge in [0.1, 0.15) is 5.82 Å². The Bertz CT molecular complexity index is 752. The van der Waals surface area contributed by atoms with Crippen LogP contribution in [0.1, 0.15) is 50.4 Å². The number of carbonyl (C=O) groups is 2. The quantitative estimate of drug-likeness (QED) is 0.934. The van der Waals surface area contributed by atoms with E-state index in [-0.39, 0.29) is 24.4 Å². The average molecular weight is 340 g/mol. The van der Waals surface area contributed by atoms with Gasteiger partial charge in [-0.25, -0.2) is 4.98 Å². The third kappa shape index (κ3) is 3.25. The highest BCUT2D eigenvalue weighted by molar-refractivity contribution is 5.85. The fourth-order valence-corrected chi connectivity index (χ4v) is 3.94. The number of para-hydroxylation sites is 2. The predicted octanol–water partition coefficient (Wildman–Crippen LogP) is 2.63. The molecule has 2 amide bonds. The van der Waals surface area contributed by atoms with Gasteiger partial charge < -0.3 is 14.8 Å². The van der Waals surface area contributed by atoms with Crippen LogP contribution in [0.4, 0.5) is 0 Å². The SMILES string of the molecule is O=C1CCCCCN1CC(=O)N1CCC[C@H]1c1nc2ccccc2[nH]1. The molecular formula is C19H24N4O2. The van der Waals surface area contributed by atoms with E-state index >= 15 is 0 Å². The fraction of sp³-hybridized carbons (Fsp3) is 0.526. The van der Waals surface area contributed by atoms with E-state index in [1.165, 1.54) is 0 Å². The summed E-state index contributed by atoms with van der Waals surface area (Å²) in [4.78, 5) is 36.7. The third-order valence-corrected chi connectivity index (χ3v) is 5.29. The van der Waals surface area contributed by atoms with Gasteiger partial charge in [0, 0.05) is 19.5 Å². The molecule has 4 rings (SSSR count). The van der Waals surface area contributed by atoms with Gasteiger partial charge in [-0.15, -0.1) is 0 Å². The normalized spacial score (nSPS) is 21.8. The van der Waals surface area contributed by atoms with Crippen molar-refractivity contribution in [3.63, 3.8) is 0 Å². The molecule has 2 aliphatic rings. The molecule has 1 N–H and O–H groups in total. The summed E-state index contributed by atoms with van der Waals surface area (Å²) in [6.07, 6.45) is 5.46. The van der Waals surface area contributed by atoms with Gasteiger partial charge in [-0.2, -0.15) is 0 Å². The molecule has 2 saturated heterocycles. The Labute approximate surface area is 147 Å². The van der Waals surface area contributed by atoms with Gasteiger partial charge in [-0.3, -0.25) is 9.59 Å². The molecular weight excluding hydrogens is 316 g/mol. The number of aromatic amines is 1. The maximum atomic E-state index is 12.9. The first-order valence-corrected chi connectivity index (χ1v) is 9.24. The number of hydrogen-bond acceptors (Lipinski definition) is 3. The van der Waals surface area contributed by atoms with Gasteiger partial charge in [0.2, 0.25) is 11.8 Å². The summed E-state index contributed by atoms with van der Waals surface area (Å²) in [5.41, 5.74) is 1.93. The zero-order valence-electron chi connectivity index (χ0n) is 14.4. The highest BCUT2D eigenvalue weighted by Crippen LogP contribution is 2.31. The number of amides is 2. The van der Waals surface area contributed by atoms with Crippen molar-refractivity contribution in [2.24, 2.45) is 0 Å². The van der Waals surface area contributed by atoms with Crippen molar-refractivity contribution in [3.8, 4) is 0 Å². The molecule has 0 bridgehead atoms. The van der Waals surface area contributed by atoms with Gasteiger partial charge in [-0.1, -0.05) is 18.6 Å². The van der Waals surface area contributed by atoms with Gasteiger partial charge in [0.05, 0.1) is 23.6 Å². The molecule has 2 fully saturated rings. The van der Waals surface area contributed by atoms with E-state index in [0.29, 0.717) is 13.0 Å². The lowest BCUT2D eigenvalue weighted by Crippen LogP contribution is -2.42. The van der Waals surface area contributed by atoms with Crippen molar-refractivity contribution in [3.05, 3.63) is 30.1 Å². The molecule has 1 aromatic carbocycles. The van der Waals surface area contributed by atoms with Gasteiger partial charge in [-0.05, 0) is 37.8 Å². The Balaban J connectivity index is 1.50. The second-order valence-electron chi connectivity index (χ2n) is 7.01. The largest absolute Gasteiger partial charge is 0.340 e. The Morgan fingerprint density at radius 1 is 1.16 bits per heavy atom. The van der Waals surface area contributed by atoms with Crippen molar-refractivity contribution in [2.75, 3.05) is 19.6 Å². The summed E-state index contributed by atoms with van der Waals surface area (Å²) in [7, 11) is 0. The zero-order valence-corrected chi connectivity index (χ0v) is 14.4. The smallest absolute Gasteiger partial charge is 0.242 e. The molecule has 132 valence electrons. The molecule has 2 aliphatic heterocycles. The number of nitrogens with zero attached hydrogens (tertiary/aromatic N) is 3. The monoisotopic (exact) mass is 340 g/mol. The minimum Gasteiger partial charge on any atom is -0.340 e. The molecule has 1 atom stereocenters. The molecule has 6 heteroatoms. The van der Waals surface area contributed by atoms with Crippen molar-refractivity contribution in [2.45, 2.75) is 44.6 Å². The minimum absolute atomic E-state index is 0.0121. The summed E-state index contributed by atoms with van der Waals surface area (Å²) in [5, 5.41) is 0. The number of benzene rings is 1. The van der Waals surface area contributed by atoms with Gasteiger partial charge >= 0.3 is 0 Å². The van der Waals surface area contributed by atoms with Crippen LogP contribution in [0.2, 0.25) is 0 Å². The first kappa shape index (κ1) is 16.1. The number of likely N-dealkylation sites (tertiary alicyclic amines) is 2. The van der Waals surface area contributed by atoms with Crippen LogP contribution >= 0.6 is 0 Å². The van der Waals surface area contributed by atoms with Crippen LogP contribution in [0.5, 0.6) is 0 Å². The topological polar surface area (TPSA) is 69.3 Å². The molecule has 0 saturated carbocycles. The standard InChI is InChI=1S/C19H24N4O2/c24-17-10-2-1-5-11-22(17)13-18(25)23-12-6-9-16(23)19-20-14-7-3-4-8-15(14)21-19/h3-4,7-8,16H,1-2,5-6,9-13H2,(H,20,21)/t16-/m0/s1. The van der Waals surface area contributed by atoms with Gasteiger partial charge in [0.25, 0.3) is 0 Å². The number of imidazole rings is 1. The number of hydrogen-bond donors (Lipinski definition) is 1. The van der Waals surface area contributed by atoms with Crippen LogP contribution in [0, 0.1) is 0 Å². The summed E-state index contributed by atoms with van der Waals surface area (Å²) in [5.74, 6) is 1.01. The predicted molar refractivity (Wildman–Crippen MR) is 94.8 cm³/mol. The maximum Gasteiger partial charge on any atom is 0.242 e. The molecule has 0 unspecified atom stereocenters. The highest BCUT2D eigenvalue weighted by Gasteiger charge is 2.33. The number of nitrogens with one attached hydrogen (secondary N) is 1. The van der Waals surface area contributed by atoms with Crippen LogP contribution in [0.15, 0.2) is 24.3 Å². The molecule has 0 radical (unpaired) electrons. The number of aromatic nitrogens is 2. The van der Waals surface area contributed by atoms with Crippen LogP contribution < -0.4 is 0 Å². The molecule has 3 heterocycles. The van der Waals surface area contributed by atoms with E-state index in [1.54, 1.807) is 4.90 Å². The van der Waals surface area contributed by atoms with E-state index in [4.69, 9.17) is 0 Å². The highest BCUT2D eigenvalue weighted by atomic mass is 16.2. The summed E-state index contributed by atoms with van der Waals surface area (Å²) >= 11 is 0. The lowest BCUT2D eigenvalue weighted by atomic mass is 10.2. The second kappa shape index (κ2) is 6.86. The van der Waals surface area contributed by atoms with Crippen molar-refractivity contribution >= 4 is 22.8 Å². The van der Waals surface area contributed by atoms with E-state index < -0.39 is 0 Å². The van der Waals surface area contributed by atoms with E-state index in [0.717, 1.165) is 55.5 Å². The first-order chi connectivity index (χ1) is 12.2. The van der Waals surface area contributed by atoms with Crippen molar-refractivity contribution < 1.29 is 9.59 Å². The van der Waals surface area contributed by atoms with Crippen molar-refractivity contribution in [1.82, 2.24) is 19.8 Å². The molecule has 0 spiro atoms. The molecule has 25 heavy (non-hydrogen) atoms. The summed E-state index contributed by atoms with van der Waals surface area (Å²) in [6.45, 7) is 1.64. The lowest BCUT2D eigenvalue weighted by molar-refractivity contribution is -0.140. The minimum atomic E-state index is -0.0121. The Morgan fingerprint density at radius 2 is 2.04 bits per heavy atom. The average Bonchev–Trinajstić information content (AvgIpc) is 3.21. The lowest BCUT2D eigenvalue weighted by Gasteiger charge is -2.27. The fourth-order valence-electron chi connectivity index (χ4n) is 3.94. The molecule has 2 aromatic rings. The van der Waals surface area contributed by atoms with E-state index in [9.17, 15) is 9.59 Å². The summed E-state index contributed by atoms with van der Waals surface area (Å²) in [6, 6.07) is 7.92. The Hall–Kier alpha value is -2.37. The van der Waals surface area contributed by atoms with E-state index in [1.807, 2.05) is 29.2 Å². The van der Waals surface area contributed by atoms with Gasteiger partial charge in [0.15, 0.2) is 0 Å². The molecule has 6 nitrogen and oxygen atoms in total. The maximum absolute atomic E-state index is 12.9. The van der Waals surface area contributed by atoms with Crippen LogP contribution in [-0.4, -0.2) is 51.2 Å². The Kier molecular flexibility index (Phi) is 4.42. The van der Waals surface area contributed by atoms with Crippen LogP contribution in [0.3, 0.4) is 0 Å². The van der Waals surface area contributed by atoms with Crippen LogP contribution in [-0.2, 0) is 9.59 Å². The van der Waals surface area contributed by atoms with Crippen LogP contribution in [0.25, 0.3) is 11.0 Å². The molecule has 1 aromatic heterocycles. The van der Waals surface area contributed by atoms with Crippen molar-refractivity contribution in [1.29, 1.82) is 0 Å². The first-order valence-electron chi connectivity index (χ1n) is 9.24. The Morgan fingerprint density at radius 3 is 2.92 bits per heavy atom. The number of fused-ring (bicyclic) bond motifs is 1. The zero-order chi connectivity index (χ0) is 17.2.